The van der Waals surface area contributed by atoms with Gasteiger partial charge in [0.2, 0.25) is 0 Å². The first-order valence-electron chi connectivity index (χ1n) is 8.94. The molecular formula is C20H24FNO3. The van der Waals surface area contributed by atoms with Gasteiger partial charge < -0.3 is 9.26 Å². The quantitative estimate of drug-likeness (QED) is 0.670. The van der Waals surface area contributed by atoms with E-state index in [4.69, 9.17) is 9.26 Å². The van der Waals surface area contributed by atoms with Crippen LogP contribution < -0.4 is 0 Å². The first-order valence-corrected chi connectivity index (χ1v) is 8.94. The van der Waals surface area contributed by atoms with Crippen molar-refractivity contribution in [2.75, 3.05) is 13.2 Å². The second-order valence-corrected chi connectivity index (χ2v) is 6.72. The maximum atomic E-state index is 13.6. The van der Waals surface area contributed by atoms with Gasteiger partial charge in [-0.1, -0.05) is 23.4 Å². The molecule has 1 atom stereocenters. The van der Waals surface area contributed by atoms with Crippen molar-refractivity contribution in [3.05, 3.63) is 52.7 Å². The SMILES string of the molecule is Cc1c(C(=O)CCC2CCOC2)noc1CCCc1ccccc1F. The fourth-order valence-corrected chi connectivity index (χ4v) is 3.27. The smallest absolute Gasteiger partial charge is 0.185 e. The van der Waals surface area contributed by atoms with Crippen LogP contribution in [0.2, 0.25) is 0 Å². The molecule has 1 saturated heterocycles. The molecule has 0 spiro atoms. The second kappa shape index (κ2) is 8.39. The van der Waals surface area contributed by atoms with Crippen molar-refractivity contribution in [2.24, 2.45) is 5.92 Å². The number of aryl methyl sites for hydroxylation is 2. The molecule has 3 rings (SSSR count). The number of hydrogen-bond acceptors (Lipinski definition) is 4. The minimum absolute atomic E-state index is 0.0357. The fourth-order valence-electron chi connectivity index (χ4n) is 3.27. The Hall–Kier alpha value is -2.01. The van der Waals surface area contributed by atoms with Crippen LogP contribution in [0.3, 0.4) is 0 Å². The van der Waals surface area contributed by atoms with E-state index < -0.39 is 0 Å². The number of rotatable bonds is 8. The molecule has 0 N–H and O–H groups in total. The van der Waals surface area contributed by atoms with Gasteiger partial charge in [0, 0.05) is 31.6 Å². The highest BCUT2D eigenvalue weighted by atomic mass is 19.1. The van der Waals surface area contributed by atoms with E-state index in [1.807, 2.05) is 13.0 Å². The first-order chi connectivity index (χ1) is 12.1. The van der Waals surface area contributed by atoms with Crippen molar-refractivity contribution in [1.29, 1.82) is 0 Å². The number of carbonyl (C=O) groups is 1. The van der Waals surface area contributed by atoms with Gasteiger partial charge in [0.15, 0.2) is 11.5 Å². The molecule has 5 heteroatoms. The summed E-state index contributed by atoms with van der Waals surface area (Å²) in [6.07, 6.45) is 4.40. The van der Waals surface area contributed by atoms with E-state index in [1.165, 1.54) is 6.07 Å². The lowest BCUT2D eigenvalue weighted by Crippen LogP contribution is -2.07. The number of hydrogen-bond donors (Lipinski definition) is 0. The topological polar surface area (TPSA) is 52.3 Å². The van der Waals surface area contributed by atoms with Crippen molar-refractivity contribution in [1.82, 2.24) is 5.16 Å². The van der Waals surface area contributed by atoms with Gasteiger partial charge in [-0.15, -0.1) is 0 Å². The number of halogens is 1. The Kier molecular flexibility index (Phi) is 5.97. The molecule has 0 aliphatic carbocycles. The Morgan fingerprint density at radius 2 is 2.16 bits per heavy atom. The van der Waals surface area contributed by atoms with E-state index in [9.17, 15) is 9.18 Å². The predicted octanol–water partition coefficient (Wildman–Crippen LogP) is 4.30. The van der Waals surface area contributed by atoms with Crippen LogP contribution in [-0.4, -0.2) is 24.2 Å². The average molecular weight is 345 g/mol. The molecule has 0 saturated carbocycles. The summed E-state index contributed by atoms with van der Waals surface area (Å²) < 4.78 is 24.3. The summed E-state index contributed by atoms with van der Waals surface area (Å²) in [6.45, 7) is 3.43. The lowest BCUT2D eigenvalue weighted by atomic mass is 9.98. The maximum absolute atomic E-state index is 13.6. The monoisotopic (exact) mass is 345 g/mol. The molecular weight excluding hydrogens is 321 g/mol. The standard InChI is InChI=1S/C20H24FNO3/c1-14-19(8-4-6-16-5-2-3-7-17(16)21)25-22-20(14)18(23)10-9-15-11-12-24-13-15/h2-3,5,7,15H,4,6,8-13H2,1H3. The van der Waals surface area contributed by atoms with Crippen LogP contribution in [0.4, 0.5) is 4.39 Å². The zero-order valence-corrected chi connectivity index (χ0v) is 14.6. The number of carbonyl (C=O) groups excluding carboxylic acids is 1. The molecule has 1 aromatic carbocycles. The van der Waals surface area contributed by atoms with E-state index in [0.717, 1.165) is 43.8 Å². The lowest BCUT2D eigenvalue weighted by molar-refractivity contribution is 0.0962. The third-order valence-corrected chi connectivity index (χ3v) is 4.90. The Balaban J connectivity index is 1.51. The van der Waals surface area contributed by atoms with Crippen LogP contribution >= 0.6 is 0 Å². The van der Waals surface area contributed by atoms with Gasteiger partial charge >= 0.3 is 0 Å². The summed E-state index contributed by atoms with van der Waals surface area (Å²) in [6, 6.07) is 6.80. The highest BCUT2D eigenvalue weighted by Gasteiger charge is 2.21. The highest BCUT2D eigenvalue weighted by molar-refractivity contribution is 5.95. The van der Waals surface area contributed by atoms with Crippen LogP contribution in [-0.2, 0) is 17.6 Å². The van der Waals surface area contributed by atoms with E-state index in [1.54, 1.807) is 12.1 Å². The van der Waals surface area contributed by atoms with Gasteiger partial charge in [-0.2, -0.15) is 0 Å². The second-order valence-electron chi connectivity index (χ2n) is 6.72. The van der Waals surface area contributed by atoms with E-state index in [0.29, 0.717) is 36.4 Å². The predicted molar refractivity (Wildman–Crippen MR) is 92.2 cm³/mol. The molecule has 0 amide bonds. The fraction of sp³-hybridized carbons (Fsp3) is 0.500. The normalized spacial score (nSPS) is 17.1. The van der Waals surface area contributed by atoms with Gasteiger partial charge in [-0.3, -0.25) is 4.79 Å². The molecule has 134 valence electrons. The van der Waals surface area contributed by atoms with Crippen molar-refractivity contribution >= 4 is 5.78 Å². The molecule has 0 radical (unpaired) electrons. The Morgan fingerprint density at radius 1 is 1.32 bits per heavy atom. The average Bonchev–Trinajstić information content (AvgIpc) is 3.25. The van der Waals surface area contributed by atoms with Gasteiger partial charge in [0.25, 0.3) is 0 Å². The van der Waals surface area contributed by atoms with E-state index in [-0.39, 0.29) is 11.6 Å². The largest absolute Gasteiger partial charge is 0.381 e. The highest BCUT2D eigenvalue weighted by Crippen LogP contribution is 2.22. The first kappa shape index (κ1) is 17.8. The number of aromatic nitrogens is 1. The summed E-state index contributed by atoms with van der Waals surface area (Å²) >= 11 is 0. The Morgan fingerprint density at radius 3 is 2.92 bits per heavy atom. The molecule has 2 aromatic rings. The number of ether oxygens (including phenoxy) is 1. The van der Waals surface area contributed by atoms with Crippen molar-refractivity contribution < 1.29 is 18.4 Å². The maximum Gasteiger partial charge on any atom is 0.185 e. The summed E-state index contributed by atoms with van der Waals surface area (Å²) in [4.78, 5) is 12.4. The number of Topliss-reactive ketones (excluding diaryl/α,β-unsaturated/α-hetero) is 1. The van der Waals surface area contributed by atoms with Crippen LogP contribution in [0.5, 0.6) is 0 Å². The molecule has 4 nitrogen and oxygen atoms in total. The number of ketones is 1. The Bertz CT molecular complexity index is 719. The third-order valence-electron chi connectivity index (χ3n) is 4.90. The zero-order chi connectivity index (χ0) is 17.6. The Labute approximate surface area is 147 Å². The van der Waals surface area contributed by atoms with Gasteiger partial charge in [0.1, 0.15) is 11.6 Å². The van der Waals surface area contributed by atoms with Crippen LogP contribution in [0, 0.1) is 18.7 Å². The van der Waals surface area contributed by atoms with Crippen molar-refractivity contribution in [3.63, 3.8) is 0 Å². The van der Waals surface area contributed by atoms with Gasteiger partial charge in [-0.05, 0) is 50.2 Å². The number of nitrogens with zero attached hydrogens (tertiary/aromatic N) is 1. The van der Waals surface area contributed by atoms with E-state index >= 15 is 0 Å². The van der Waals surface area contributed by atoms with Gasteiger partial charge in [-0.25, -0.2) is 4.39 Å². The summed E-state index contributed by atoms with van der Waals surface area (Å²) in [5.41, 5.74) is 1.97. The van der Waals surface area contributed by atoms with Crippen LogP contribution in [0.1, 0.15) is 53.1 Å². The molecule has 25 heavy (non-hydrogen) atoms. The molecule has 0 bridgehead atoms. The minimum Gasteiger partial charge on any atom is -0.381 e. The van der Waals surface area contributed by atoms with Crippen LogP contribution in [0.25, 0.3) is 0 Å². The summed E-state index contributed by atoms with van der Waals surface area (Å²) in [7, 11) is 0. The zero-order valence-electron chi connectivity index (χ0n) is 14.6. The molecule has 2 heterocycles. The lowest BCUT2D eigenvalue weighted by Gasteiger charge is -2.05. The minimum atomic E-state index is -0.177. The molecule has 1 aliphatic rings. The molecule has 1 fully saturated rings. The summed E-state index contributed by atoms with van der Waals surface area (Å²) in [5.74, 6) is 1.07. The van der Waals surface area contributed by atoms with Gasteiger partial charge in [0.05, 0.1) is 0 Å². The van der Waals surface area contributed by atoms with Crippen molar-refractivity contribution in [2.45, 2.75) is 45.4 Å². The van der Waals surface area contributed by atoms with Crippen molar-refractivity contribution in [3.8, 4) is 0 Å². The number of benzene rings is 1. The third kappa shape index (κ3) is 4.54. The van der Waals surface area contributed by atoms with E-state index in [2.05, 4.69) is 5.16 Å². The molecule has 1 unspecified atom stereocenters. The molecule has 1 aliphatic heterocycles. The summed E-state index contributed by atoms with van der Waals surface area (Å²) in [5, 5.41) is 3.97. The van der Waals surface area contributed by atoms with Crippen LogP contribution in [0.15, 0.2) is 28.8 Å². The molecule has 1 aromatic heterocycles.